The van der Waals surface area contributed by atoms with E-state index in [0.717, 1.165) is 0 Å². The SMILES string of the molecule is COC(=O)[C@H](CC(C)C)NC(=O)COc1ccc(C(C)=O)cc1. The highest BCUT2D eigenvalue weighted by atomic mass is 16.5. The zero-order valence-electron chi connectivity index (χ0n) is 13.9. The number of hydrogen-bond acceptors (Lipinski definition) is 5. The Hall–Kier alpha value is -2.37. The van der Waals surface area contributed by atoms with Crippen molar-refractivity contribution in [1.29, 1.82) is 0 Å². The summed E-state index contributed by atoms with van der Waals surface area (Å²) in [4.78, 5) is 34.7. The van der Waals surface area contributed by atoms with E-state index in [9.17, 15) is 14.4 Å². The number of rotatable bonds is 8. The molecule has 0 heterocycles. The van der Waals surface area contributed by atoms with Gasteiger partial charge in [0.05, 0.1) is 7.11 Å². The van der Waals surface area contributed by atoms with Crippen LogP contribution in [0.2, 0.25) is 0 Å². The minimum Gasteiger partial charge on any atom is -0.484 e. The number of Topliss-reactive ketones (excluding diaryl/α,β-unsaturated/α-hetero) is 1. The van der Waals surface area contributed by atoms with Gasteiger partial charge in [0.1, 0.15) is 11.8 Å². The van der Waals surface area contributed by atoms with E-state index < -0.39 is 17.9 Å². The second kappa shape index (κ2) is 8.92. The summed E-state index contributed by atoms with van der Waals surface area (Å²) in [5, 5.41) is 2.61. The molecule has 0 saturated carbocycles. The highest BCUT2D eigenvalue weighted by Gasteiger charge is 2.22. The van der Waals surface area contributed by atoms with Gasteiger partial charge in [-0.15, -0.1) is 0 Å². The number of carbonyl (C=O) groups excluding carboxylic acids is 3. The summed E-state index contributed by atoms with van der Waals surface area (Å²) in [5.74, 6) is -0.207. The van der Waals surface area contributed by atoms with Crippen molar-refractivity contribution in [3.8, 4) is 5.75 Å². The Morgan fingerprint density at radius 2 is 1.74 bits per heavy atom. The zero-order chi connectivity index (χ0) is 17.4. The number of nitrogens with one attached hydrogen (secondary N) is 1. The molecule has 1 amide bonds. The first kappa shape index (κ1) is 18.7. The quantitative estimate of drug-likeness (QED) is 0.585. The van der Waals surface area contributed by atoms with Crippen LogP contribution in [0.3, 0.4) is 0 Å². The molecule has 126 valence electrons. The largest absolute Gasteiger partial charge is 0.484 e. The fourth-order valence-corrected chi connectivity index (χ4v) is 2.00. The lowest BCUT2D eigenvalue weighted by Crippen LogP contribution is -2.44. The molecule has 0 fully saturated rings. The van der Waals surface area contributed by atoms with Gasteiger partial charge in [-0.2, -0.15) is 0 Å². The van der Waals surface area contributed by atoms with Gasteiger partial charge in [-0.1, -0.05) is 13.8 Å². The monoisotopic (exact) mass is 321 g/mol. The molecule has 1 aromatic carbocycles. The number of benzene rings is 1. The lowest BCUT2D eigenvalue weighted by atomic mass is 10.0. The maximum Gasteiger partial charge on any atom is 0.328 e. The van der Waals surface area contributed by atoms with E-state index in [-0.39, 0.29) is 18.3 Å². The first-order valence-electron chi connectivity index (χ1n) is 7.44. The van der Waals surface area contributed by atoms with Crippen LogP contribution in [-0.4, -0.2) is 37.4 Å². The first-order chi connectivity index (χ1) is 10.8. The molecule has 0 saturated heterocycles. The van der Waals surface area contributed by atoms with Crippen LogP contribution in [0, 0.1) is 5.92 Å². The maximum atomic E-state index is 11.9. The van der Waals surface area contributed by atoms with Crippen LogP contribution in [0.1, 0.15) is 37.6 Å². The van der Waals surface area contributed by atoms with Gasteiger partial charge in [0.2, 0.25) is 0 Å². The minimum absolute atomic E-state index is 0.0381. The molecule has 0 aliphatic rings. The third kappa shape index (κ3) is 6.50. The number of carbonyl (C=O) groups is 3. The number of hydrogen-bond donors (Lipinski definition) is 1. The Labute approximate surface area is 136 Å². The molecule has 1 atom stereocenters. The van der Waals surface area contributed by atoms with Crippen molar-refractivity contribution < 1.29 is 23.9 Å². The van der Waals surface area contributed by atoms with Crippen LogP contribution in [-0.2, 0) is 14.3 Å². The van der Waals surface area contributed by atoms with Crippen molar-refractivity contribution in [3.05, 3.63) is 29.8 Å². The Balaban J connectivity index is 2.54. The molecule has 1 aromatic rings. The minimum atomic E-state index is -0.684. The van der Waals surface area contributed by atoms with Crippen molar-refractivity contribution in [2.24, 2.45) is 5.92 Å². The van der Waals surface area contributed by atoms with Gasteiger partial charge in [-0.25, -0.2) is 4.79 Å². The van der Waals surface area contributed by atoms with Crippen LogP contribution >= 0.6 is 0 Å². The topological polar surface area (TPSA) is 81.7 Å². The smallest absolute Gasteiger partial charge is 0.328 e. The number of ketones is 1. The highest BCUT2D eigenvalue weighted by Crippen LogP contribution is 2.12. The summed E-state index contributed by atoms with van der Waals surface area (Å²) in [7, 11) is 1.29. The standard InChI is InChI=1S/C17H23NO5/c1-11(2)9-15(17(21)22-4)18-16(20)10-23-14-7-5-13(6-8-14)12(3)19/h5-8,11,15H,9-10H2,1-4H3,(H,18,20)/t15-/m0/s1. The molecule has 0 aliphatic heterocycles. The van der Waals surface area contributed by atoms with Gasteiger partial charge in [0.15, 0.2) is 12.4 Å². The summed E-state index contributed by atoms with van der Waals surface area (Å²) in [6.07, 6.45) is 0.492. The van der Waals surface area contributed by atoms with E-state index in [1.807, 2.05) is 13.8 Å². The average Bonchev–Trinajstić information content (AvgIpc) is 2.51. The van der Waals surface area contributed by atoms with Gasteiger partial charge in [0, 0.05) is 5.56 Å². The van der Waals surface area contributed by atoms with Gasteiger partial charge < -0.3 is 14.8 Å². The second-order valence-corrected chi connectivity index (χ2v) is 5.64. The lowest BCUT2D eigenvalue weighted by molar-refractivity contribution is -0.145. The molecule has 0 unspecified atom stereocenters. The van der Waals surface area contributed by atoms with Gasteiger partial charge in [-0.05, 0) is 43.5 Å². The third-order valence-corrected chi connectivity index (χ3v) is 3.16. The van der Waals surface area contributed by atoms with Crippen molar-refractivity contribution in [3.63, 3.8) is 0 Å². The molecular formula is C17H23NO5. The van der Waals surface area contributed by atoms with Crippen LogP contribution in [0.5, 0.6) is 5.75 Å². The maximum absolute atomic E-state index is 11.9. The van der Waals surface area contributed by atoms with E-state index in [0.29, 0.717) is 17.7 Å². The molecule has 6 nitrogen and oxygen atoms in total. The third-order valence-electron chi connectivity index (χ3n) is 3.16. The van der Waals surface area contributed by atoms with Crippen molar-refractivity contribution in [1.82, 2.24) is 5.32 Å². The Bertz CT molecular complexity index is 551. The van der Waals surface area contributed by atoms with E-state index in [4.69, 9.17) is 4.74 Å². The van der Waals surface area contributed by atoms with Crippen LogP contribution in [0.4, 0.5) is 0 Å². The number of methoxy groups -OCH3 is 1. The molecule has 0 spiro atoms. The van der Waals surface area contributed by atoms with Gasteiger partial charge in [-0.3, -0.25) is 9.59 Å². The molecule has 23 heavy (non-hydrogen) atoms. The predicted octanol–water partition coefficient (Wildman–Crippen LogP) is 1.97. The molecule has 0 bridgehead atoms. The molecular weight excluding hydrogens is 298 g/mol. The molecule has 0 radical (unpaired) electrons. The fourth-order valence-electron chi connectivity index (χ4n) is 2.00. The molecule has 6 heteroatoms. The summed E-state index contributed by atoms with van der Waals surface area (Å²) < 4.78 is 10.0. The van der Waals surface area contributed by atoms with Gasteiger partial charge >= 0.3 is 5.97 Å². The average molecular weight is 321 g/mol. The molecule has 0 aliphatic carbocycles. The van der Waals surface area contributed by atoms with Gasteiger partial charge in [0.25, 0.3) is 5.91 Å². The number of ether oxygens (including phenoxy) is 2. The van der Waals surface area contributed by atoms with Crippen LogP contribution in [0.15, 0.2) is 24.3 Å². The van der Waals surface area contributed by atoms with Crippen molar-refractivity contribution in [2.75, 3.05) is 13.7 Å². The lowest BCUT2D eigenvalue weighted by Gasteiger charge is -2.18. The summed E-state index contributed by atoms with van der Waals surface area (Å²) in [6, 6.07) is 5.82. The summed E-state index contributed by atoms with van der Waals surface area (Å²) in [6.45, 7) is 5.17. The van der Waals surface area contributed by atoms with Crippen molar-refractivity contribution in [2.45, 2.75) is 33.2 Å². The Kier molecular flexibility index (Phi) is 7.25. The van der Waals surface area contributed by atoms with E-state index in [1.165, 1.54) is 14.0 Å². The second-order valence-electron chi connectivity index (χ2n) is 5.64. The number of esters is 1. The van der Waals surface area contributed by atoms with E-state index >= 15 is 0 Å². The summed E-state index contributed by atoms with van der Waals surface area (Å²) in [5.41, 5.74) is 0.574. The zero-order valence-corrected chi connectivity index (χ0v) is 13.9. The Morgan fingerprint density at radius 3 is 2.22 bits per heavy atom. The van der Waals surface area contributed by atoms with Crippen LogP contribution < -0.4 is 10.1 Å². The first-order valence-corrected chi connectivity index (χ1v) is 7.44. The molecule has 0 aromatic heterocycles. The van der Waals surface area contributed by atoms with E-state index in [1.54, 1.807) is 24.3 Å². The van der Waals surface area contributed by atoms with E-state index in [2.05, 4.69) is 10.1 Å². The highest BCUT2D eigenvalue weighted by molar-refractivity contribution is 5.94. The molecule has 1 N–H and O–H groups in total. The van der Waals surface area contributed by atoms with Crippen LogP contribution in [0.25, 0.3) is 0 Å². The predicted molar refractivity (Wildman–Crippen MR) is 85.3 cm³/mol. The van der Waals surface area contributed by atoms with Crippen molar-refractivity contribution >= 4 is 17.7 Å². The summed E-state index contributed by atoms with van der Waals surface area (Å²) >= 11 is 0. The number of amides is 1. The normalized spacial score (nSPS) is 11.7. The Morgan fingerprint density at radius 1 is 1.13 bits per heavy atom. The molecule has 1 rings (SSSR count). The fraction of sp³-hybridized carbons (Fsp3) is 0.471.